The quantitative estimate of drug-likeness (QED) is 0.391. The van der Waals surface area contributed by atoms with Crippen LogP contribution in [0, 0.1) is 0 Å². The van der Waals surface area contributed by atoms with E-state index in [4.69, 9.17) is 10.5 Å². The van der Waals surface area contributed by atoms with Crippen molar-refractivity contribution in [3.63, 3.8) is 0 Å². The molecule has 1 aliphatic carbocycles. The van der Waals surface area contributed by atoms with Gasteiger partial charge in [0.15, 0.2) is 0 Å². The lowest BCUT2D eigenvalue weighted by Gasteiger charge is -2.21. The SMILES string of the molecule is NC(=O)CN(Cc1ccc(OCc2ccccc2)cc1)C(=O)c1ccc2c(c1)[nH]c(=O)n2C1CC1. The molecule has 0 aliphatic heterocycles. The number of rotatable bonds is 9. The third-order valence-corrected chi connectivity index (χ3v) is 6.05. The minimum absolute atomic E-state index is 0.171. The van der Waals surface area contributed by atoms with Crippen molar-refractivity contribution in [2.75, 3.05) is 6.54 Å². The van der Waals surface area contributed by atoms with E-state index in [1.54, 1.807) is 22.8 Å². The van der Waals surface area contributed by atoms with Crippen LogP contribution in [0.5, 0.6) is 5.75 Å². The van der Waals surface area contributed by atoms with Gasteiger partial charge in [-0.1, -0.05) is 42.5 Å². The van der Waals surface area contributed by atoms with Gasteiger partial charge in [-0.2, -0.15) is 0 Å². The molecule has 1 fully saturated rings. The van der Waals surface area contributed by atoms with Crippen LogP contribution in [-0.2, 0) is 17.9 Å². The molecular formula is C27H26N4O4. The number of amides is 2. The molecule has 178 valence electrons. The first-order chi connectivity index (χ1) is 17.0. The lowest BCUT2D eigenvalue weighted by molar-refractivity contribution is -0.118. The number of nitrogens with one attached hydrogen (secondary N) is 1. The molecule has 0 saturated heterocycles. The number of nitrogens with two attached hydrogens (primary N) is 1. The van der Waals surface area contributed by atoms with Crippen molar-refractivity contribution in [1.82, 2.24) is 14.5 Å². The summed E-state index contributed by atoms with van der Waals surface area (Å²) >= 11 is 0. The molecule has 35 heavy (non-hydrogen) atoms. The molecule has 1 heterocycles. The molecule has 1 aromatic heterocycles. The number of nitrogens with zero attached hydrogens (tertiary/aromatic N) is 2. The highest BCUT2D eigenvalue weighted by molar-refractivity contribution is 5.99. The zero-order chi connectivity index (χ0) is 24.4. The van der Waals surface area contributed by atoms with Gasteiger partial charge < -0.3 is 20.4 Å². The summed E-state index contributed by atoms with van der Waals surface area (Å²) < 4.78 is 7.56. The van der Waals surface area contributed by atoms with Gasteiger partial charge in [-0.05, 0) is 54.3 Å². The summed E-state index contributed by atoms with van der Waals surface area (Å²) in [5.41, 5.74) is 8.93. The maximum atomic E-state index is 13.3. The highest BCUT2D eigenvalue weighted by atomic mass is 16.5. The molecule has 1 aliphatic rings. The Bertz CT molecular complexity index is 1420. The Balaban J connectivity index is 1.31. The fraction of sp³-hybridized carbons (Fsp3) is 0.222. The Labute approximate surface area is 201 Å². The Kier molecular flexibility index (Phi) is 6.10. The van der Waals surface area contributed by atoms with Crippen molar-refractivity contribution in [3.05, 3.63) is 100.0 Å². The van der Waals surface area contributed by atoms with Gasteiger partial charge in [-0.3, -0.25) is 14.2 Å². The second-order valence-electron chi connectivity index (χ2n) is 8.81. The number of fused-ring (bicyclic) bond motifs is 1. The van der Waals surface area contributed by atoms with Crippen LogP contribution in [0.15, 0.2) is 77.6 Å². The van der Waals surface area contributed by atoms with Gasteiger partial charge in [0.1, 0.15) is 12.4 Å². The van der Waals surface area contributed by atoms with E-state index < -0.39 is 5.91 Å². The van der Waals surface area contributed by atoms with Crippen molar-refractivity contribution >= 4 is 22.8 Å². The van der Waals surface area contributed by atoms with Crippen LogP contribution in [0.4, 0.5) is 0 Å². The Morgan fingerprint density at radius 2 is 1.74 bits per heavy atom. The maximum absolute atomic E-state index is 13.3. The Morgan fingerprint density at radius 3 is 2.43 bits per heavy atom. The predicted octanol–water partition coefficient (Wildman–Crippen LogP) is 3.37. The first-order valence-corrected chi connectivity index (χ1v) is 11.6. The molecule has 0 unspecified atom stereocenters. The topological polar surface area (TPSA) is 110 Å². The first-order valence-electron chi connectivity index (χ1n) is 11.6. The fourth-order valence-corrected chi connectivity index (χ4v) is 4.18. The Hall–Kier alpha value is -4.33. The van der Waals surface area contributed by atoms with Gasteiger partial charge in [-0.25, -0.2) is 4.79 Å². The lowest BCUT2D eigenvalue weighted by atomic mass is 10.1. The van der Waals surface area contributed by atoms with E-state index in [2.05, 4.69) is 4.98 Å². The summed E-state index contributed by atoms with van der Waals surface area (Å²) in [7, 11) is 0. The Morgan fingerprint density at radius 1 is 1.00 bits per heavy atom. The number of carbonyl (C=O) groups excluding carboxylic acids is 2. The molecule has 8 heteroatoms. The van der Waals surface area contributed by atoms with Crippen LogP contribution < -0.4 is 16.2 Å². The molecule has 8 nitrogen and oxygen atoms in total. The molecule has 2 amide bonds. The molecule has 3 aromatic carbocycles. The standard InChI is InChI=1S/C27H26N4O4/c28-25(32)16-30(15-18-6-11-22(12-7-18)35-17-19-4-2-1-3-5-19)26(33)20-8-13-24-23(14-20)29-27(34)31(24)21-9-10-21/h1-8,11-14,21H,9-10,15-17H2,(H2,28,32)(H,29,34). The number of hydrogen-bond acceptors (Lipinski definition) is 4. The molecular weight excluding hydrogens is 444 g/mol. The van der Waals surface area contributed by atoms with Crippen LogP contribution in [-0.4, -0.2) is 32.8 Å². The summed E-state index contributed by atoms with van der Waals surface area (Å²) in [6.07, 6.45) is 1.96. The van der Waals surface area contributed by atoms with Gasteiger partial charge in [0.2, 0.25) is 5.91 Å². The van der Waals surface area contributed by atoms with Crippen molar-refractivity contribution in [3.8, 4) is 5.75 Å². The molecule has 3 N–H and O–H groups in total. The highest BCUT2D eigenvalue weighted by Gasteiger charge is 2.27. The number of aromatic nitrogens is 2. The number of hydrogen-bond donors (Lipinski definition) is 2. The summed E-state index contributed by atoms with van der Waals surface area (Å²) in [4.78, 5) is 41.6. The van der Waals surface area contributed by atoms with E-state index in [0.717, 1.165) is 29.5 Å². The van der Waals surface area contributed by atoms with Gasteiger partial charge in [0.05, 0.1) is 17.6 Å². The molecule has 0 spiro atoms. The molecule has 0 bridgehead atoms. The maximum Gasteiger partial charge on any atom is 0.326 e. The third-order valence-electron chi connectivity index (χ3n) is 6.05. The van der Waals surface area contributed by atoms with E-state index in [1.807, 2.05) is 54.6 Å². The predicted molar refractivity (Wildman–Crippen MR) is 132 cm³/mol. The molecule has 0 radical (unpaired) electrons. The minimum Gasteiger partial charge on any atom is -0.489 e. The summed E-state index contributed by atoms with van der Waals surface area (Å²) in [5.74, 6) is -0.231. The smallest absolute Gasteiger partial charge is 0.326 e. The number of benzene rings is 3. The van der Waals surface area contributed by atoms with Crippen LogP contribution in [0.3, 0.4) is 0 Å². The van der Waals surface area contributed by atoms with Crippen LogP contribution >= 0.6 is 0 Å². The number of H-pyrrole nitrogens is 1. The second kappa shape index (κ2) is 9.50. The molecule has 1 saturated carbocycles. The van der Waals surface area contributed by atoms with Crippen LogP contribution in [0.2, 0.25) is 0 Å². The summed E-state index contributed by atoms with van der Waals surface area (Å²) in [5, 5.41) is 0. The number of imidazole rings is 1. The number of carbonyl (C=O) groups is 2. The molecule has 4 aromatic rings. The van der Waals surface area contributed by atoms with Crippen molar-refractivity contribution in [1.29, 1.82) is 0 Å². The number of aromatic amines is 1. The molecule has 5 rings (SSSR count). The average molecular weight is 471 g/mol. The minimum atomic E-state index is -0.601. The van der Waals surface area contributed by atoms with Crippen LogP contribution in [0.1, 0.15) is 40.4 Å². The second-order valence-corrected chi connectivity index (χ2v) is 8.81. The van der Waals surface area contributed by atoms with Gasteiger partial charge in [0, 0.05) is 18.2 Å². The normalized spacial score (nSPS) is 13.0. The summed E-state index contributed by atoms with van der Waals surface area (Å²) in [6.45, 7) is 0.445. The third kappa shape index (κ3) is 5.11. The van der Waals surface area contributed by atoms with E-state index in [0.29, 0.717) is 23.4 Å². The highest BCUT2D eigenvalue weighted by Crippen LogP contribution is 2.35. The van der Waals surface area contributed by atoms with Crippen molar-refractivity contribution in [2.45, 2.75) is 32.0 Å². The largest absolute Gasteiger partial charge is 0.489 e. The zero-order valence-corrected chi connectivity index (χ0v) is 19.1. The first kappa shape index (κ1) is 22.5. The zero-order valence-electron chi connectivity index (χ0n) is 19.1. The van der Waals surface area contributed by atoms with Gasteiger partial charge >= 0.3 is 5.69 Å². The fourth-order valence-electron chi connectivity index (χ4n) is 4.18. The number of primary amides is 1. The summed E-state index contributed by atoms with van der Waals surface area (Å²) in [6, 6.07) is 22.6. The van der Waals surface area contributed by atoms with Gasteiger partial charge in [-0.15, -0.1) is 0 Å². The van der Waals surface area contributed by atoms with Gasteiger partial charge in [0.25, 0.3) is 5.91 Å². The van der Waals surface area contributed by atoms with E-state index in [9.17, 15) is 14.4 Å². The van der Waals surface area contributed by atoms with E-state index >= 15 is 0 Å². The van der Waals surface area contributed by atoms with Crippen molar-refractivity contribution in [2.24, 2.45) is 5.73 Å². The van der Waals surface area contributed by atoms with Crippen LogP contribution in [0.25, 0.3) is 11.0 Å². The van der Waals surface area contributed by atoms with Crippen molar-refractivity contribution < 1.29 is 14.3 Å². The van der Waals surface area contributed by atoms with E-state index in [1.165, 1.54) is 4.90 Å². The molecule has 0 atom stereocenters. The van der Waals surface area contributed by atoms with E-state index in [-0.39, 0.29) is 30.7 Å². The monoisotopic (exact) mass is 470 g/mol. The number of ether oxygens (including phenoxy) is 1. The average Bonchev–Trinajstić information content (AvgIpc) is 3.64. The lowest BCUT2D eigenvalue weighted by Crippen LogP contribution is -2.38.